The van der Waals surface area contributed by atoms with Gasteiger partial charge in [0.2, 0.25) is 0 Å². The molecule has 0 radical (unpaired) electrons. The van der Waals surface area contributed by atoms with Crippen LogP contribution in [0.2, 0.25) is 0 Å². The van der Waals surface area contributed by atoms with Gasteiger partial charge < -0.3 is 14.5 Å². The Morgan fingerprint density at radius 1 is 1.19 bits per heavy atom. The summed E-state index contributed by atoms with van der Waals surface area (Å²) in [5, 5.41) is 6.01. The molecule has 140 valence electrons. The van der Waals surface area contributed by atoms with Gasteiger partial charge in [0.25, 0.3) is 5.91 Å². The molecule has 1 atom stereocenters. The Balaban J connectivity index is 1.46. The zero-order valence-electron chi connectivity index (χ0n) is 15.4. The Morgan fingerprint density at radius 3 is 2.78 bits per heavy atom. The van der Waals surface area contributed by atoms with E-state index in [1.54, 1.807) is 13.2 Å². The second-order valence-electron chi connectivity index (χ2n) is 7.22. The van der Waals surface area contributed by atoms with E-state index in [0.29, 0.717) is 0 Å². The monoisotopic (exact) mass is 365 g/mol. The average molecular weight is 365 g/mol. The molecule has 4 rings (SSSR count). The zero-order valence-corrected chi connectivity index (χ0v) is 15.4. The lowest BCUT2D eigenvalue weighted by atomic mass is 10.0. The highest BCUT2D eigenvalue weighted by atomic mass is 16.5. The number of nitrogens with one attached hydrogen (secondary N) is 1. The summed E-state index contributed by atoms with van der Waals surface area (Å²) in [4.78, 5) is 24.6. The normalized spacial score (nSPS) is 15.9. The predicted octanol–water partition coefficient (Wildman–Crippen LogP) is 4.12. The fraction of sp³-hybridized carbons (Fsp3) is 0.364. The Kier molecular flexibility index (Phi) is 4.84. The summed E-state index contributed by atoms with van der Waals surface area (Å²) in [6.07, 6.45) is 5.15. The molecular weight excluding hydrogens is 342 g/mol. The molecule has 5 nitrogen and oxygen atoms in total. The first-order valence-corrected chi connectivity index (χ1v) is 9.49. The number of carbonyl (C=O) groups is 2. The molecular formula is C22H23NO4. The van der Waals surface area contributed by atoms with Gasteiger partial charge in [-0.1, -0.05) is 43.2 Å². The van der Waals surface area contributed by atoms with Crippen LogP contribution < -0.4 is 5.32 Å². The van der Waals surface area contributed by atoms with Gasteiger partial charge in [0.1, 0.15) is 5.58 Å². The molecule has 1 N–H and O–H groups in total. The van der Waals surface area contributed by atoms with Crippen molar-refractivity contribution < 1.29 is 18.7 Å². The van der Waals surface area contributed by atoms with Crippen LogP contribution in [0.5, 0.6) is 0 Å². The van der Waals surface area contributed by atoms with Gasteiger partial charge in [-0.05, 0) is 36.6 Å². The van der Waals surface area contributed by atoms with Gasteiger partial charge in [0.05, 0.1) is 12.7 Å². The minimum atomic E-state index is -0.798. The highest BCUT2D eigenvalue weighted by molar-refractivity contribution is 6.08. The molecule has 1 saturated carbocycles. The van der Waals surface area contributed by atoms with Crippen LogP contribution in [0, 0.1) is 0 Å². The van der Waals surface area contributed by atoms with E-state index in [0.717, 1.165) is 53.0 Å². The lowest BCUT2D eigenvalue weighted by Crippen LogP contribution is -2.41. The van der Waals surface area contributed by atoms with Crippen molar-refractivity contribution >= 4 is 33.6 Å². The van der Waals surface area contributed by atoms with Crippen molar-refractivity contribution in [1.29, 1.82) is 0 Å². The lowest BCUT2D eigenvalue weighted by molar-refractivity contribution is -0.154. The second kappa shape index (κ2) is 7.43. The van der Waals surface area contributed by atoms with E-state index in [1.807, 2.05) is 36.4 Å². The molecule has 1 unspecified atom stereocenters. The molecule has 0 aliphatic heterocycles. The third-order valence-corrected chi connectivity index (χ3v) is 5.25. The SMILES string of the molecule is CC(OC(=O)Cc1coc2ccc3ccccc3c12)C(=O)NC1CCCC1. The van der Waals surface area contributed by atoms with Gasteiger partial charge in [-0.3, -0.25) is 9.59 Å². The van der Waals surface area contributed by atoms with Gasteiger partial charge in [0, 0.05) is 17.0 Å². The van der Waals surface area contributed by atoms with Crippen molar-refractivity contribution in [3.63, 3.8) is 0 Å². The largest absolute Gasteiger partial charge is 0.464 e. The minimum absolute atomic E-state index is 0.0715. The van der Waals surface area contributed by atoms with Crippen molar-refractivity contribution in [2.75, 3.05) is 0 Å². The van der Waals surface area contributed by atoms with E-state index in [2.05, 4.69) is 5.32 Å². The molecule has 1 heterocycles. The summed E-state index contributed by atoms with van der Waals surface area (Å²) in [6, 6.07) is 12.1. The van der Waals surface area contributed by atoms with E-state index in [9.17, 15) is 9.59 Å². The van der Waals surface area contributed by atoms with Crippen LogP contribution in [0.15, 0.2) is 47.1 Å². The molecule has 0 saturated heterocycles. The summed E-state index contributed by atoms with van der Waals surface area (Å²) in [7, 11) is 0. The molecule has 0 bridgehead atoms. The van der Waals surface area contributed by atoms with Crippen LogP contribution in [0.3, 0.4) is 0 Å². The maximum atomic E-state index is 12.4. The topological polar surface area (TPSA) is 68.5 Å². The fourth-order valence-corrected chi connectivity index (χ4v) is 3.84. The number of rotatable bonds is 5. The molecule has 0 spiro atoms. The first-order chi connectivity index (χ1) is 13.1. The van der Waals surface area contributed by atoms with Crippen molar-refractivity contribution in [3.8, 4) is 0 Å². The molecule has 2 aromatic carbocycles. The Hall–Kier alpha value is -2.82. The molecule has 1 aromatic heterocycles. The molecule has 1 amide bonds. The summed E-state index contributed by atoms with van der Waals surface area (Å²) in [6.45, 7) is 1.62. The summed E-state index contributed by atoms with van der Waals surface area (Å²) < 4.78 is 11.0. The quantitative estimate of drug-likeness (QED) is 0.691. The Bertz CT molecular complexity index is 984. The second-order valence-corrected chi connectivity index (χ2v) is 7.22. The van der Waals surface area contributed by atoms with Gasteiger partial charge in [-0.25, -0.2) is 0 Å². The van der Waals surface area contributed by atoms with Crippen LogP contribution >= 0.6 is 0 Å². The number of esters is 1. The maximum absolute atomic E-state index is 12.4. The number of amides is 1. The van der Waals surface area contributed by atoms with Crippen LogP contribution in [0.1, 0.15) is 38.2 Å². The van der Waals surface area contributed by atoms with Crippen molar-refractivity contribution in [2.24, 2.45) is 0 Å². The van der Waals surface area contributed by atoms with Crippen LogP contribution in [0.4, 0.5) is 0 Å². The van der Waals surface area contributed by atoms with Gasteiger partial charge in [0.15, 0.2) is 6.10 Å². The first-order valence-electron chi connectivity index (χ1n) is 9.49. The molecule has 1 aliphatic rings. The summed E-state index contributed by atoms with van der Waals surface area (Å²) in [5.74, 6) is -0.655. The molecule has 5 heteroatoms. The smallest absolute Gasteiger partial charge is 0.311 e. The van der Waals surface area contributed by atoms with Crippen molar-refractivity contribution in [3.05, 3.63) is 48.2 Å². The third-order valence-electron chi connectivity index (χ3n) is 5.25. The molecule has 27 heavy (non-hydrogen) atoms. The molecule has 1 fully saturated rings. The van der Waals surface area contributed by atoms with E-state index in [1.165, 1.54) is 0 Å². The number of furan rings is 1. The van der Waals surface area contributed by atoms with Crippen LogP contribution in [-0.2, 0) is 20.7 Å². The van der Waals surface area contributed by atoms with Crippen LogP contribution in [-0.4, -0.2) is 24.0 Å². The van der Waals surface area contributed by atoms with E-state index < -0.39 is 12.1 Å². The van der Waals surface area contributed by atoms with Gasteiger partial charge in [-0.2, -0.15) is 0 Å². The number of hydrogen-bond donors (Lipinski definition) is 1. The van der Waals surface area contributed by atoms with Gasteiger partial charge in [-0.15, -0.1) is 0 Å². The fourth-order valence-electron chi connectivity index (χ4n) is 3.84. The number of hydrogen-bond acceptors (Lipinski definition) is 4. The summed E-state index contributed by atoms with van der Waals surface area (Å²) in [5.41, 5.74) is 1.51. The molecule has 3 aromatic rings. The minimum Gasteiger partial charge on any atom is -0.464 e. The van der Waals surface area contributed by atoms with Crippen LogP contribution in [0.25, 0.3) is 21.7 Å². The predicted molar refractivity (Wildman–Crippen MR) is 103 cm³/mol. The Morgan fingerprint density at radius 2 is 1.96 bits per heavy atom. The van der Waals surface area contributed by atoms with E-state index in [4.69, 9.17) is 9.15 Å². The number of benzene rings is 2. The maximum Gasteiger partial charge on any atom is 0.311 e. The zero-order chi connectivity index (χ0) is 18.8. The highest BCUT2D eigenvalue weighted by Gasteiger charge is 2.23. The lowest BCUT2D eigenvalue weighted by Gasteiger charge is -2.17. The standard InChI is InChI=1S/C22H23NO4/c1-14(22(25)23-17-7-3-4-8-17)27-20(24)12-16-13-26-19-11-10-15-6-2-5-9-18(15)21(16)19/h2,5-6,9-11,13-14,17H,3-4,7-8,12H2,1H3,(H,23,25). The van der Waals surface area contributed by atoms with E-state index >= 15 is 0 Å². The number of ether oxygens (including phenoxy) is 1. The van der Waals surface area contributed by atoms with E-state index in [-0.39, 0.29) is 18.4 Å². The number of fused-ring (bicyclic) bond motifs is 3. The summed E-state index contributed by atoms with van der Waals surface area (Å²) >= 11 is 0. The highest BCUT2D eigenvalue weighted by Crippen LogP contribution is 2.30. The van der Waals surface area contributed by atoms with Crippen molar-refractivity contribution in [1.82, 2.24) is 5.32 Å². The molecule has 1 aliphatic carbocycles. The third kappa shape index (κ3) is 3.68. The first kappa shape index (κ1) is 17.6. The van der Waals surface area contributed by atoms with Crippen molar-refractivity contribution in [2.45, 2.75) is 51.2 Å². The van der Waals surface area contributed by atoms with Gasteiger partial charge >= 0.3 is 5.97 Å². The Labute approximate surface area is 157 Å². The number of carbonyl (C=O) groups excluding carboxylic acids is 2. The average Bonchev–Trinajstić information content (AvgIpc) is 3.31.